The molecule has 1 aromatic heterocycles. The van der Waals surface area contributed by atoms with Gasteiger partial charge >= 0.3 is 0 Å². The highest BCUT2D eigenvalue weighted by Crippen LogP contribution is 2.30. The van der Waals surface area contributed by atoms with E-state index < -0.39 is 0 Å². The average molecular weight is 290 g/mol. The molecule has 4 nitrogen and oxygen atoms in total. The van der Waals surface area contributed by atoms with E-state index in [4.69, 9.17) is 11.6 Å². The number of hydrogen-bond donors (Lipinski definition) is 2. The second-order valence-corrected chi connectivity index (χ2v) is 5.08. The van der Waals surface area contributed by atoms with E-state index in [1.807, 2.05) is 26.0 Å². The minimum absolute atomic E-state index is 0.143. The van der Waals surface area contributed by atoms with Crippen LogP contribution in [0.4, 0.5) is 17.2 Å². The quantitative estimate of drug-likeness (QED) is 0.896. The van der Waals surface area contributed by atoms with Crippen molar-refractivity contribution >= 4 is 34.7 Å². The minimum Gasteiger partial charge on any atom is -0.353 e. The molecule has 2 rings (SSSR count). The van der Waals surface area contributed by atoms with Crippen molar-refractivity contribution in [3.63, 3.8) is 0 Å². The number of carbonyl (C=O) groups excluding carboxylic acids is 1. The highest BCUT2D eigenvalue weighted by molar-refractivity contribution is 6.33. The Balaban J connectivity index is 2.20. The summed E-state index contributed by atoms with van der Waals surface area (Å²) in [6, 6.07) is 7.55. The SMILES string of the molecule is CC(=O)Nc1ccc(Nc2c(C)cc(C)cc2Cl)cn1. The van der Waals surface area contributed by atoms with Gasteiger partial charge in [0.25, 0.3) is 0 Å². The molecule has 2 aromatic rings. The van der Waals surface area contributed by atoms with Gasteiger partial charge in [0.2, 0.25) is 5.91 Å². The lowest BCUT2D eigenvalue weighted by Crippen LogP contribution is -2.07. The van der Waals surface area contributed by atoms with Crippen LogP contribution in [0.3, 0.4) is 0 Å². The molecule has 0 radical (unpaired) electrons. The van der Waals surface area contributed by atoms with Crippen molar-refractivity contribution in [3.8, 4) is 0 Å². The van der Waals surface area contributed by atoms with Crippen molar-refractivity contribution in [3.05, 3.63) is 46.6 Å². The summed E-state index contributed by atoms with van der Waals surface area (Å²) in [5.74, 6) is 0.380. The lowest BCUT2D eigenvalue weighted by Gasteiger charge is -2.12. The molecule has 0 atom stereocenters. The maximum absolute atomic E-state index is 10.9. The van der Waals surface area contributed by atoms with Gasteiger partial charge in [-0.25, -0.2) is 4.98 Å². The molecule has 0 fully saturated rings. The van der Waals surface area contributed by atoms with Crippen LogP contribution in [0.25, 0.3) is 0 Å². The maximum atomic E-state index is 10.9. The molecule has 1 aromatic carbocycles. The van der Waals surface area contributed by atoms with Crippen LogP contribution in [0.2, 0.25) is 5.02 Å². The normalized spacial score (nSPS) is 10.2. The summed E-state index contributed by atoms with van der Waals surface area (Å²) in [5, 5.41) is 6.54. The Bertz CT molecular complexity index is 615. The van der Waals surface area contributed by atoms with Gasteiger partial charge in [-0.05, 0) is 43.2 Å². The number of nitrogens with one attached hydrogen (secondary N) is 2. The molecule has 0 spiro atoms. The summed E-state index contributed by atoms with van der Waals surface area (Å²) in [4.78, 5) is 15.1. The predicted octanol–water partition coefficient (Wildman–Crippen LogP) is 4.05. The van der Waals surface area contributed by atoms with Gasteiger partial charge in [-0.1, -0.05) is 17.7 Å². The summed E-state index contributed by atoms with van der Waals surface area (Å²) >= 11 is 6.24. The van der Waals surface area contributed by atoms with Crippen LogP contribution in [-0.4, -0.2) is 10.9 Å². The van der Waals surface area contributed by atoms with Crippen molar-refractivity contribution in [1.82, 2.24) is 4.98 Å². The van der Waals surface area contributed by atoms with Gasteiger partial charge < -0.3 is 10.6 Å². The number of aromatic nitrogens is 1. The van der Waals surface area contributed by atoms with E-state index in [0.29, 0.717) is 10.8 Å². The van der Waals surface area contributed by atoms with Crippen molar-refractivity contribution in [2.24, 2.45) is 0 Å². The van der Waals surface area contributed by atoms with Crippen molar-refractivity contribution in [2.45, 2.75) is 20.8 Å². The van der Waals surface area contributed by atoms with Gasteiger partial charge in [-0.3, -0.25) is 4.79 Å². The summed E-state index contributed by atoms with van der Waals surface area (Å²) in [5.41, 5.74) is 3.87. The summed E-state index contributed by atoms with van der Waals surface area (Å²) in [6.07, 6.45) is 1.65. The molecule has 5 heteroatoms. The van der Waals surface area contributed by atoms with Crippen molar-refractivity contribution in [2.75, 3.05) is 10.6 Å². The zero-order valence-electron chi connectivity index (χ0n) is 11.6. The first-order chi connectivity index (χ1) is 9.45. The Morgan fingerprint density at radius 2 is 2.00 bits per heavy atom. The number of nitrogens with zero attached hydrogens (tertiary/aromatic N) is 1. The summed E-state index contributed by atoms with van der Waals surface area (Å²) < 4.78 is 0. The number of rotatable bonds is 3. The van der Waals surface area contributed by atoms with Crippen LogP contribution < -0.4 is 10.6 Å². The average Bonchev–Trinajstić information content (AvgIpc) is 2.35. The number of halogens is 1. The van der Waals surface area contributed by atoms with E-state index in [1.54, 1.807) is 12.3 Å². The molecule has 0 bridgehead atoms. The third-order valence-electron chi connectivity index (χ3n) is 2.77. The monoisotopic (exact) mass is 289 g/mol. The van der Waals surface area contributed by atoms with Crippen molar-refractivity contribution < 1.29 is 4.79 Å². The molecule has 1 amide bonds. The largest absolute Gasteiger partial charge is 0.353 e. The molecular weight excluding hydrogens is 274 g/mol. The van der Waals surface area contributed by atoms with E-state index in [2.05, 4.69) is 21.7 Å². The van der Waals surface area contributed by atoms with Gasteiger partial charge in [0.15, 0.2) is 0 Å². The van der Waals surface area contributed by atoms with Gasteiger partial charge in [-0.15, -0.1) is 0 Å². The molecule has 0 unspecified atom stereocenters. The second kappa shape index (κ2) is 5.92. The zero-order valence-corrected chi connectivity index (χ0v) is 12.4. The molecule has 2 N–H and O–H groups in total. The molecule has 104 valence electrons. The Hall–Kier alpha value is -2.07. The first-order valence-electron chi connectivity index (χ1n) is 6.23. The van der Waals surface area contributed by atoms with Gasteiger partial charge in [-0.2, -0.15) is 0 Å². The topological polar surface area (TPSA) is 54.0 Å². The third kappa shape index (κ3) is 3.48. The van der Waals surface area contributed by atoms with E-state index in [-0.39, 0.29) is 5.91 Å². The zero-order chi connectivity index (χ0) is 14.7. The van der Waals surface area contributed by atoms with Crippen LogP contribution in [-0.2, 0) is 4.79 Å². The van der Waals surface area contributed by atoms with Crippen LogP contribution in [0.15, 0.2) is 30.5 Å². The molecule has 0 aliphatic rings. The maximum Gasteiger partial charge on any atom is 0.222 e. The molecular formula is C15H16ClN3O. The molecule has 0 saturated heterocycles. The lowest BCUT2D eigenvalue weighted by molar-refractivity contribution is -0.114. The van der Waals surface area contributed by atoms with Crippen LogP contribution in [0, 0.1) is 13.8 Å². The summed E-state index contributed by atoms with van der Waals surface area (Å²) in [7, 11) is 0. The highest BCUT2D eigenvalue weighted by atomic mass is 35.5. The number of carbonyl (C=O) groups is 1. The number of anilines is 3. The molecule has 0 aliphatic carbocycles. The number of aryl methyl sites for hydroxylation is 2. The lowest BCUT2D eigenvalue weighted by atomic mass is 10.1. The Morgan fingerprint density at radius 1 is 1.25 bits per heavy atom. The fourth-order valence-corrected chi connectivity index (χ4v) is 2.31. The molecule has 20 heavy (non-hydrogen) atoms. The second-order valence-electron chi connectivity index (χ2n) is 4.68. The Kier molecular flexibility index (Phi) is 4.25. The number of amides is 1. The van der Waals surface area contributed by atoms with Gasteiger partial charge in [0, 0.05) is 6.92 Å². The first kappa shape index (κ1) is 14.3. The van der Waals surface area contributed by atoms with Crippen molar-refractivity contribution in [1.29, 1.82) is 0 Å². The van der Waals surface area contributed by atoms with Crippen LogP contribution in [0.5, 0.6) is 0 Å². The first-order valence-corrected chi connectivity index (χ1v) is 6.61. The van der Waals surface area contributed by atoms with E-state index in [9.17, 15) is 4.79 Å². The Morgan fingerprint density at radius 3 is 2.55 bits per heavy atom. The van der Waals surface area contributed by atoms with E-state index in [1.165, 1.54) is 6.92 Å². The Labute approximate surface area is 123 Å². The smallest absolute Gasteiger partial charge is 0.222 e. The molecule has 0 aliphatic heterocycles. The standard InChI is InChI=1S/C15H16ClN3O/c1-9-6-10(2)15(13(16)7-9)19-12-4-5-14(17-8-12)18-11(3)20/h4-8,19H,1-3H3,(H,17,18,20). The molecule has 1 heterocycles. The van der Waals surface area contributed by atoms with Gasteiger partial charge in [0.1, 0.15) is 5.82 Å². The number of benzene rings is 1. The fourth-order valence-electron chi connectivity index (χ4n) is 1.94. The molecule has 0 saturated carbocycles. The number of pyridine rings is 1. The fraction of sp³-hybridized carbons (Fsp3) is 0.200. The van der Waals surface area contributed by atoms with Gasteiger partial charge in [0.05, 0.1) is 22.6 Å². The van der Waals surface area contributed by atoms with E-state index >= 15 is 0 Å². The minimum atomic E-state index is -0.143. The highest BCUT2D eigenvalue weighted by Gasteiger charge is 2.06. The summed E-state index contributed by atoms with van der Waals surface area (Å²) in [6.45, 7) is 5.45. The predicted molar refractivity (Wildman–Crippen MR) is 82.7 cm³/mol. The van der Waals surface area contributed by atoms with Crippen LogP contribution in [0.1, 0.15) is 18.1 Å². The van der Waals surface area contributed by atoms with Crippen LogP contribution >= 0.6 is 11.6 Å². The third-order valence-corrected chi connectivity index (χ3v) is 3.07. The number of hydrogen-bond acceptors (Lipinski definition) is 3. The van der Waals surface area contributed by atoms with E-state index in [0.717, 1.165) is 22.5 Å².